The van der Waals surface area contributed by atoms with Gasteiger partial charge in [0.2, 0.25) is 0 Å². The standard InChI is InChI=1S/C18H13BrN2O2S2/c1-2-23-15-8-11(7-13(19)17(15)22)6-12(9-20)18-21-14(10-25-18)16-4-3-5-24-16/h3-8,10,22H,2H2,1H3/b12-6-. The van der Waals surface area contributed by atoms with Crippen molar-refractivity contribution >= 4 is 50.3 Å². The van der Waals surface area contributed by atoms with Gasteiger partial charge in [-0.15, -0.1) is 22.7 Å². The van der Waals surface area contributed by atoms with Gasteiger partial charge in [0.15, 0.2) is 11.5 Å². The largest absolute Gasteiger partial charge is 0.503 e. The van der Waals surface area contributed by atoms with Gasteiger partial charge in [0, 0.05) is 5.38 Å². The van der Waals surface area contributed by atoms with E-state index in [0.29, 0.717) is 27.4 Å². The van der Waals surface area contributed by atoms with E-state index in [1.54, 1.807) is 29.5 Å². The summed E-state index contributed by atoms with van der Waals surface area (Å²) in [5, 5.41) is 24.1. The van der Waals surface area contributed by atoms with Gasteiger partial charge in [-0.1, -0.05) is 6.07 Å². The molecule has 0 fully saturated rings. The monoisotopic (exact) mass is 432 g/mol. The molecule has 0 aliphatic carbocycles. The summed E-state index contributed by atoms with van der Waals surface area (Å²) in [4.78, 5) is 5.64. The normalized spacial score (nSPS) is 11.3. The Bertz CT molecular complexity index is 956. The zero-order chi connectivity index (χ0) is 17.8. The lowest BCUT2D eigenvalue weighted by Crippen LogP contribution is -1.93. The van der Waals surface area contributed by atoms with Crippen LogP contribution in [-0.4, -0.2) is 16.7 Å². The Morgan fingerprint density at radius 1 is 1.44 bits per heavy atom. The van der Waals surface area contributed by atoms with Gasteiger partial charge in [-0.3, -0.25) is 0 Å². The highest BCUT2D eigenvalue weighted by atomic mass is 79.9. The summed E-state index contributed by atoms with van der Waals surface area (Å²) in [5.74, 6) is 0.422. The Hall–Kier alpha value is -2.14. The summed E-state index contributed by atoms with van der Waals surface area (Å²) in [6, 6.07) is 9.63. The number of thiophene rings is 1. The van der Waals surface area contributed by atoms with Crippen LogP contribution in [-0.2, 0) is 0 Å². The zero-order valence-electron chi connectivity index (χ0n) is 13.2. The van der Waals surface area contributed by atoms with Crippen LogP contribution in [0.15, 0.2) is 39.5 Å². The first-order valence-corrected chi connectivity index (χ1v) is 9.94. The van der Waals surface area contributed by atoms with Crippen molar-refractivity contribution < 1.29 is 9.84 Å². The van der Waals surface area contributed by atoms with E-state index < -0.39 is 0 Å². The molecule has 0 atom stereocenters. The number of benzene rings is 1. The third kappa shape index (κ3) is 3.93. The van der Waals surface area contributed by atoms with Gasteiger partial charge >= 0.3 is 0 Å². The number of aromatic nitrogens is 1. The van der Waals surface area contributed by atoms with Gasteiger partial charge < -0.3 is 9.84 Å². The van der Waals surface area contributed by atoms with E-state index in [9.17, 15) is 10.4 Å². The molecular weight excluding hydrogens is 420 g/mol. The maximum atomic E-state index is 10.0. The van der Waals surface area contributed by atoms with Crippen LogP contribution >= 0.6 is 38.6 Å². The molecule has 3 rings (SSSR count). The zero-order valence-corrected chi connectivity index (χ0v) is 16.4. The minimum atomic E-state index is 0.0479. The fourth-order valence-electron chi connectivity index (χ4n) is 2.19. The predicted octanol–water partition coefficient (Wildman–Crippen LogP) is 5.80. The molecule has 1 aromatic carbocycles. The van der Waals surface area contributed by atoms with Crippen molar-refractivity contribution in [2.45, 2.75) is 6.92 Å². The fourth-order valence-corrected chi connectivity index (χ4v) is 4.19. The second kappa shape index (κ2) is 7.83. The first-order chi connectivity index (χ1) is 12.1. The molecule has 0 aliphatic heterocycles. The number of nitrogens with zero attached hydrogens (tertiary/aromatic N) is 2. The Balaban J connectivity index is 1.97. The van der Waals surface area contributed by atoms with E-state index in [0.717, 1.165) is 16.1 Å². The number of allylic oxidation sites excluding steroid dienone is 1. The molecule has 0 spiro atoms. The first-order valence-electron chi connectivity index (χ1n) is 7.39. The minimum absolute atomic E-state index is 0.0479. The van der Waals surface area contributed by atoms with E-state index >= 15 is 0 Å². The van der Waals surface area contributed by atoms with Crippen LogP contribution in [0, 0.1) is 11.3 Å². The Kier molecular flexibility index (Phi) is 5.53. The molecule has 0 saturated heterocycles. The van der Waals surface area contributed by atoms with Gasteiger partial charge in [-0.25, -0.2) is 4.98 Å². The van der Waals surface area contributed by atoms with E-state index in [1.165, 1.54) is 11.3 Å². The van der Waals surface area contributed by atoms with Gasteiger partial charge in [0.1, 0.15) is 11.1 Å². The Morgan fingerprint density at radius 3 is 2.96 bits per heavy atom. The van der Waals surface area contributed by atoms with Gasteiger partial charge in [-0.05, 0) is 58.1 Å². The van der Waals surface area contributed by atoms with Gasteiger partial charge in [0.05, 0.1) is 27.2 Å². The van der Waals surface area contributed by atoms with Crippen LogP contribution in [0.3, 0.4) is 0 Å². The number of halogens is 1. The first kappa shape index (κ1) is 17.7. The van der Waals surface area contributed by atoms with E-state index in [2.05, 4.69) is 27.0 Å². The van der Waals surface area contributed by atoms with Crippen LogP contribution in [0.25, 0.3) is 22.2 Å². The van der Waals surface area contributed by atoms with E-state index in [1.807, 2.05) is 29.8 Å². The lowest BCUT2D eigenvalue weighted by molar-refractivity contribution is 0.317. The highest BCUT2D eigenvalue weighted by molar-refractivity contribution is 9.10. The quantitative estimate of drug-likeness (QED) is 0.517. The number of phenols is 1. The second-order valence-electron chi connectivity index (χ2n) is 4.97. The van der Waals surface area contributed by atoms with Crippen LogP contribution in [0.1, 0.15) is 17.5 Å². The van der Waals surface area contributed by atoms with Gasteiger partial charge in [0.25, 0.3) is 0 Å². The molecular formula is C18H13BrN2O2S2. The highest BCUT2D eigenvalue weighted by Crippen LogP contribution is 2.37. The molecule has 1 N–H and O–H groups in total. The number of rotatable bonds is 5. The summed E-state index contributed by atoms with van der Waals surface area (Å²) in [5.41, 5.74) is 2.09. The minimum Gasteiger partial charge on any atom is -0.503 e. The van der Waals surface area contributed by atoms with Crippen LogP contribution in [0.2, 0.25) is 0 Å². The van der Waals surface area contributed by atoms with Crippen LogP contribution in [0.5, 0.6) is 11.5 Å². The molecule has 0 radical (unpaired) electrons. The molecule has 7 heteroatoms. The van der Waals surface area contributed by atoms with Crippen molar-refractivity contribution in [2.75, 3.05) is 6.61 Å². The molecule has 0 aliphatic rings. The summed E-state index contributed by atoms with van der Waals surface area (Å²) in [7, 11) is 0. The lowest BCUT2D eigenvalue weighted by Gasteiger charge is -2.08. The van der Waals surface area contributed by atoms with E-state index in [4.69, 9.17) is 4.74 Å². The summed E-state index contributed by atoms with van der Waals surface area (Å²) in [6.45, 7) is 2.28. The Labute approximate surface area is 161 Å². The molecule has 3 aromatic rings. The topological polar surface area (TPSA) is 66.1 Å². The van der Waals surface area contributed by atoms with Crippen molar-refractivity contribution in [3.8, 4) is 28.1 Å². The predicted molar refractivity (Wildman–Crippen MR) is 106 cm³/mol. The van der Waals surface area contributed by atoms with Crippen LogP contribution < -0.4 is 4.74 Å². The molecule has 0 amide bonds. The summed E-state index contributed by atoms with van der Waals surface area (Å²) < 4.78 is 5.94. The van der Waals surface area contributed by atoms with Crippen molar-refractivity contribution in [2.24, 2.45) is 0 Å². The molecule has 4 nitrogen and oxygen atoms in total. The maximum absolute atomic E-state index is 10.0. The molecule has 25 heavy (non-hydrogen) atoms. The van der Waals surface area contributed by atoms with Crippen molar-refractivity contribution in [3.63, 3.8) is 0 Å². The number of phenolic OH excluding ortho intramolecular Hbond substituents is 1. The molecule has 126 valence electrons. The second-order valence-corrected chi connectivity index (χ2v) is 7.63. The van der Waals surface area contributed by atoms with Crippen molar-refractivity contribution in [1.82, 2.24) is 4.98 Å². The van der Waals surface area contributed by atoms with Crippen molar-refractivity contribution in [1.29, 1.82) is 5.26 Å². The third-order valence-electron chi connectivity index (χ3n) is 3.29. The number of nitriles is 1. The molecule has 2 aromatic heterocycles. The molecule has 0 bridgehead atoms. The third-order valence-corrected chi connectivity index (χ3v) is 5.66. The fraction of sp³-hybridized carbons (Fsp3) is 0.111. The smallest absolute Gasteiger partial charge is 0.172 e. The highest BCUT2D eigenvalue weighted by Gasteiger charge is 2.12. The number of ether oxygens (including phenoxy) is 1. The summed E-state index contributed by atoms with van der Waals surface area (Å²) in [6.07, 6.45) is 1.74. The number of aromatic hydroxyl groups is 1. The number of hydrogen-bond acceptors (Lipinski definition) is 6. The maximum Gasteiger partial charge on any atom is 0.172 e. The molecule has 0 saturated carbocycles. The Morgan fingerprint density at radius 2 is 2.28 bits per heavy atom. The van der Waals surface area contributed by atoms with Crippen molar-refractivity contribution in [3.05, 3.63) is 50.1 Å². The lowest BCUT2D eigenvalue weighted by atomic mass is 10.1. The van der Waals surface area contributed by atoms with Crippen LogP contribution in [0.4, 0.5) is 0 Å². The van der Waals surface area contributed by atoms with E-state index in [-0.39, 0.29) is 5.75 Å². The molecule has 0 unspecified atom stereocenters. The number of thiazole rings is 1. The SMILES string of the molecule is CCOc1cc(/C=C(/C#N)c2nc(-c3cccs3)cs2)cc(Br)c1O. The number of hydrogen-bond donors (Lipinski definition) is 1. The summed E-state index contributed by atoms with van der Waals surface area (Å²) >= 11 is 6.36. The average molecular weight is 433 g/mol. The average Bonchev–Trinajstić information content (AvgIpc) is 3.28. The van der Waals surface area contributed by atoms with Gasteiger partial charge in [-0.2, -0.15) is 5.26 Å². The molecule has 2 heterocycles.